The van der Waals surface area contributed by atoms with E-state index in [1.807, 2.05) is 0 Å². The van der Waals surface area contributed by atoms with Gasteiger partial charge in [0.05, 0.1) is 12.1 Å². The molecule has 2 aliphatic rings. The molecule has 43 heavy (non-hydrogen) atoms. The van der Waals surface area contributed by atoms with Gasteiger partial charge in [-0.3, -0.25) is 24.0 Å². The Bertz CT molecular complexity index is 1220. The molecule has 0 radical (unpaired) electrons. The van der Waals surface area contributed by atoms with Gasteiger partial charge in [-0.1, -0.05) is 47.5 Å². The van der Waals surface area contributed by atoms with E-state index < -0.39 is 69.9 Å². The zero-order valence-corrected chi connectivity index (χ0v) is 27.2. The van der Waals surface area contributed by atoms with Crippen molar-refractivity contribution in [1.29, 1.82) is 0 Å². The molecular formula is C28H40Cl2N6O6S. The van der Waals surface area contributed by atoms with Gasteiger partial charge >= 0.3 is 6.03 Å². The first-order chi connectivity index (χ1) is 20.0. The molecular weight excluding hydrogens is 619 g/mol. The summed E-state index contributed by atoms with van der Waals surface area (Å²) >= 11 is 13.6. The smallest absolute Gasteiger partial charge is 0.316 e. The lowest BCUT2D eigenvalue weighted by Crippen LogP contribution is -2.62. The number of Topliss-reactive ketones (excluding diaryl/α,β-unsaturated/α-hetero) is 2. The van der Waals surface area contributed by atoms with Crippen molar-refractivity contribution in [1.82, 2.24) is 25.8 Å². The number of nitrogens with zero attached hydrogens (tertiary/aromatic N) is 2. The Kier molecular flexibility index (Phi) is 11.6. The van der Waals surface area contributed by atoms with Crippen molar-refractivity contribution in [2.45, 2.75) is 89.3 Å². The van der Waals surface area contributed by atoms with E-state index >= 15 is 0 Å². The Hall–Kier alpha value is -2.77. The van der Waals surface area contributed by atoms with Crippen LogP contribution in [0.1, 0.15) is 70.1 Å². The van der Waals surface area contributed by atoms with Gasteiger partial charge in [-0.2, -0.15) is 0 Å². The number of hydrogen-bond donors (Lipinski definition) is 4. The van der Waals surface area contributed by atoms with E-state index in [2.05, 4.69) is 20.9 Å². The van der Waals surface area contributed by atoms with Crippen molar-refractivity contribution in [3.05, 3.63) is 16.6 Å². The molecule has 1 saturated carbocycles. The molecule has 0 aromatic carbocycles. The lowest BCUT2D eigenvalue weighted by Gasteiger charge is -2.37. The van der Waals surface area contributed by atoms with Gasteiger partial charge < -0.3 is 26.6 Å². The first-order valence-electron chi connectivity index (χ1n) is 14.3. The van der Waals surface area contributed by atoms with Gasteiger partial charge in [-0.25, -0.2) is 9.78 Å². The standard InChI is InChI=1S/C28H40Cl2N6O6S/c1-13(2)17(20(38)25-32-9-11-43-25)34-27(42)35-21(28(3,4)5)26(41)36-10-8-15(22(29)30)18(36)24(40)33-16(12-14-6-7-14)19(37)23(31)39/h9,11,13-18,21-22H,6-8,10,12H2,1-5H3,(H2,31,39)(H,33,40)(H2,34,35,42)/t15?,16?,17-,18-,21+/m0/s1. The second-order valence-corrected chi connectivity index (χ2v) is 14.6. The van der Waals surface area contributed by atoms with Crippen LogP contribution in [0, 0.1) is 23.2 Å². The molecule has 3 rings (SSSR count). The highest BCUT2D eigenvalue weighted by Gasteiger charge is 2.49. The van der Waals surface area contributed by atoms with Crippen LogP contribution in [0.5, 0.6) is 0 Å². The summed E-state index contributed by atoms with van der Waals surface area (Å²) in [6.45, 7) is 8.93. The van der Waals surface area contributed by atoms with Crippen molar-refractivity contribution in [2.24, 2.45) is 28.9 Å². The number of amides is 5. The number of carbonyl (C=O) groups is 6. The molecule has 0 spiro atoms. The van der Waals surface area contributed by atoms with Gasteiger partial charge in [0.15, 0.2) is 5.01 Å². The van der Waals surface area contributed by atoms with Crippen LogP contribution in [0.2, 0.25) is 0 Å². The number of nitrogens with two attached hydrogens (primary N) is 1. The maximum atomic E-state index is 14.1. The molecule has 1 aromatic rings. The van der Waals surface area contributed by atoms with E-state index in [1.165, 1.54) is 11.1 Å². The van der Waals surface area contributed by atoms with E-state index in [4.69, 9.17) is 28.9 Å². The van der Waals surface area contributed by atoms with Crippen molar-refractivity contribution >= 4 is 69.9 Å². The molecule has 5 atom stereocenters. The minimum Gasteiger partial charge on any atom is -0.363 e. The Morgan fingerprint density at radius 2 is 1.72 bits per heavy atom. The lowest BCUT2D eigenvalue weighted by atomic mass is 9.85. The molecule has 1 aliphatic heterocycles. The molecule has 5 N–H and O–H groups in total. The zero-order chi connectivity index (χ0) is 32.2. The van der Waals surface area contributed by atoms with Crippen molar-refractivity contribution in [2.75, 3.05) is 6.54 Å². The predicted molar refractivity (Wildman–Crippen MR) is 163 cm³/mol. The maximum absolute atomic E-state index is 14.1. The molecule has 0 bridgehead atoms. The lowest BCUT2D eigenvalue weighted by molar-refractivity contribution is -0.144. The van der Waals surface area contributed by atoms with Crippen LogP contribution in [-0.2, 0) is 19.2 Å². The van der Waals surface area contributed by atoms with Gasteiger partial charge in [0.25, 0.3) is 5.91 Å². The number of alkyl halides is 2. The van der Waals surface area contributed by atoms with E-state index in [0.29, 0.717) is 6.42 Å². The monoisotopic (exact) mass is 658 g/mol. The van der Waals surface area contributed by atoms with Crippen molar-refractivity contribution < 1.29 is 28.8 Å². The highest BCUT2D eigenvalue weighted by molar-refractivity contribution is 7.11. The van der Waals surface area contributed by atoms with E-state index in [-0.39, 0.29) is 35.6 Å². The van der Waals surface area contributed by atoms with Crippen LogP contribution in [0.15, 0.2) is 11.6 Å². The molecule has 2 fully saturated rings. The molecule has 1 aliphatic carbocycles. The molecule has 15 heteroatoms. The SMILES string of the molecule is CC(C)[C@H](NC(=O)N[C@H](C(=O)N1CCC(C(Cl)Cl)[C@H]1C(=O)NC(CC1CC1)C(=O)C(N)=O)C(C)(C)C)C(=O)c1nccs1. The van der Waals surface area contributed by atoms with Gasteiger partial charge in [0.2, 0.25) is 23.4 Å². The average Bonchev–Trinajstić information content (AvgIpc) is 3.37. The van der Waals surface area contributed by atoms with Gasteiger partial charge in [-0.15, -0.1) is 34.5 Å². The number of urea groups is 1. The Balaban J connectivity index is 1.82. The number of aromatic nitrogens is 1. The number of nitrogens with one attached hydrogen (secondary N) is 3. The summed E-state index contributed by atoms with van der Waals surface area (Å²) in [5.74, 6) is -4.43. The predicted octanol–water partition coefficient (Wildman–Crippen LogP) is 2.42. The van der Waals surface area contributed by atoms with Crippen molar-refractivity contribution in [3.8, 4) is 0 Å². The van der Waals surface area contributed by atoms with Crippen LogP contribution in [0.4, 0.5) is 4.79 Å². The first-order valence-corrected chi connectivity index (χ1v) is 16.0. The summed E-state index contributed by atoms with van der Waals surface area (Å²) in [7, 11) is 0. The second kappa shape index (κ2) is 14.3. The zero-order valence-electron chi connectivity index (χ0n) is 24.9. The van der Waals surface area contributed by atoms with Gasteiger partial charge in [-0.05, 0) is 30.1 Å². The van der Waals surface area contributed by atoms with Gasteiger partial charge in [0.1, 0.15) is 16.9 Å². The Morgan fingerprint density at radius 1 is 1.07 bits per heavy atom. The number of thiazole rings is 1. The van der Waals surface area contributed by atoms with Crippen LogP contribution in [0.3, 0.4) is 0 Å². The summed E-state index contributed by atoms with van der Waals surface area (Å²) in [4.78, 5) is 82.4. The second-order valence-electron chi connectivity index (χ2n) is 12.6. The highest BCUT2D eigenvalue weighted by Crippen LogP contribution is 2.36. The van der Waals surface area contributed by atoms with E-state index in [9.17, 15) is 28.8 Å². The van der Waals surface area contributed by atoms with Crippen LogP contribution >= 0.6 is 34.5 Å². The molecule has 2 unspecified atom stereocenters. The Labute approximate surface area is 265 Å². The first kappa shape index (κ1) is 34.7. The molecule has 238 valence electrons. The largest absolute Gasteiger partial charge is 0.363 e. The number of ketones is 2. The van der Waals surface area contributed by atoms with E-state index in [0.717, 1.165) is 24.2 Å². The maximum Gasteiger partial charge on any atom is 0.316 e. The highest BCUT2D eigenvalue weighted by atomic mass is 35.5. The van der Waals surface area contributed by atoms with E-state index in [1.54, 1.807) is 40.0 Å². The molecule has 12 nitrogen and oxygen atoms in total. The fourth-order valence-electron chi connectivity index (χ4n) is 5.15. The molecule has 1 saturated heterocycles. The number of carbonyl (C=O) groups excluding carboxylic acids is 6. The summed E-state index contributed by atoms with van der Waals surface area (Å²) in [6.07, 6.45) is 3.79. The van der Waals surface area contributed by atoms with Crippen LogP contribution in [0.25, 0.3) is 0 Å². The van der Waals surface area contributed by atoms with Crippen LogP contribution in [-0.4, -0.2) is 80.8 Å². The normalized spacial score (nSPS) is 20.8. The number of primary amides is 1. The third kappa shape index (κ3) is 8.89. The number of hydrogen-bond acceptors (Lipinski definition) is 8. The minimum atomic E-state index is -1.17. The van der Waals surface area contributed by atoms with Crippen molar-refractivity contribution in [3.63, 3.8) is 0 Å². The quantitative estimate of drug-likeness (QED) is 0.143. The number of rotatable bonds is 13. The van der Waals surface area contributed by atoms with Crippen LogP contribution < -0.4 is 21.7 Å². The Morgan fingerprint density at radius 3 is 2.21 bits per heavy atom. The fraction of sp³-hybridized carbons (Fsp3) is 0.679. The minimum absolute atomic E-state index is 0.113. The third-order valence-electron chi connectivity index (χ3n) is 7.73. The summed E-state index contributed by atoms with van der Waals surface area (Å²) < 4.78 is 0. The molecule has 2 heterocycles. The van der Waals surface area contributed by atoms with Gasteiger partial charge in [0, 0.05) is 24.0 Å². The average molecular weight is 660 g/mol. The fourth-order valence-corrected chi connectivity index (χ4v) is 6.30. The topological polar surface area (TPSA) is 181 Å². The molecule has 1 aromatic heterocycles. The number of halogens is 2. The molecule has 5 amide bonds. The summed E-state index contributed by atoms with van der Waals surface area (Å²) in [6, 6.07) is -5.05. The third-order valence-corrected chi connectivity index (χ3v) is 9.16. The number of likely N-dealkylation sites (tertiary alicyclic amines) is 1. The summed E-state index contributed by atoms with van der Waals surface area (Å²) in [5.41, 5.74) is 4.41. The summed E-state index contributed by atoms with van der Waals surface area (Å²) in [5, 5.41) is 9.93.